The van der Waals surface area contributed by atoms with Gasteiger partial charge < -0.3 is 14.3 Å². The number of aromatic nitrogens is 2. The molecular formula is C28H28F3N3O4. The number of fused-ring (bicyclic) bond motifs is 1. The molecule has 1 N–H and O–H groups in total. The molecule has 0 aliphatic carbocycles. The van der Waals surface area contributed by atoms with Crippen molar-refractivity contribution in [1.82, 2.24) is 14.7 Å². The summed E-state index contributed by atoms with van der Waals surface area (Å²) in [6.07, 6.45) is -0.136. The lowest BCUT2D eigenvalue weighted by Gasteiger charge is -2.30. The van der Waals surface area contributed by atoms with Crippen LogP contribution < -0.4 is 10.2 Å². The maximum Gasteiger partial charge on any atom is 0.453 e. The summed E-state index contributed by atoms with van der Waals surface area (Å²) in [6, 6.07) is 10.3. The number of nitrogens with zero attached hydrogens (tertiary/aromatic N) is 3. The normalized spacial score (nSPS) is 15.3. The number of alkyl halides is 3. The quantitative estimate of drug-likeness (QED) is 0.318. The van der Waals surface area contributed by atoms with E-state index >= 15 is 0 Å². The highest BCUT2D eigenvalue weighted by atomic mass is 19.4. The molecule has 0 atom stereocenters. The van der Waals surface area contributed by atoms with Gasteiger partial charge in [0.15, 0.2) is 5.75 Å². The Hall–Kier alpha value is -3.79. The minimum atomic E-state index is -5.02. The molecule has 0 amide bonds. The monoisotopic (exact) mass is 527 g/mol. The fourth-order valence-electron chi connectivity index (χ4n) is 4.77. The average molecular weight is 528 g/mol. The summed E-state index contributed by atoms with van der Waals surface area (Å²) >= 11 is 0. The van der Waals surface area contributed by atoms with Crippen molar-refractivity contribution in [2.24, 2.45) is 5.92 Å². The van der Waals surface area contributed by atoms with Gasteiger partial charge in [0, 0.05) is 6.54 Å². The summed E-state index contributed by atoms with van der Waals surface area (Å²) in [7, 11) is 0. The van der Waals surface area contributed by atoms with E-state index in [1.54, 1.807) is 31.2 Å². The molecule has 0 spiro atoms. The van der Waals surface area contributed by atoms with E-state index in [-0.39, 0.29) is 34.6 Å². The van der Waals surface area contributed by atoms with Crippen molar-refractivity contribution in [3.05, 3.63) is 75.9 Å². The largest absolute Gasteiger partial charge is 0.507 e. The van der Waals surface area contributed by atoms with E-state index < -0.39 is 23.1 Å². The van der Waals surface area contributed by atoms with Gasteiger partial charge in [-0.25, -0.2) is 4.68 Å². The van der Waals surface area contributed by atoms with Crippen LogP contribution in [0.15, 0.2) is 58.0 Å². The molecule has 38 heavy (non-hydrogen) atoms. The molecule has 0 bridgehead atoms. The zero-order valence-electron chi connectivity index (χ0n) is 21.1. The second kappa shape index (κ2) is 10.2. The number of aryl methyl sites for hydroxylation is 1. The Morgan fingerprint density at radius 3 is 2.55 bits per heavy atom. The smallest absolute Gasteiger partial charge is 0.453 e. The Balaban J connectivity index is 1.62. The number of halogens is 3. The molecule has 5 rings (SSSR count). The van der Waals surface area contributed by atoms with Crippen molar-refractivity contribution < 1.29 is 27.4 Å². The van der Waals surface area contributed by atoms with Gasteiger partial charge in [0.05, 0.1) is 29.0 Å². The summed E-state index contributed by atoms with van der Waals surface area (Å²) in [5.74, 6) is -2.17. The number of rotatable bonds is 6. The van der Waals surface area contributed by atoms with Crippen LogP contribution in [0.4, 0.5) is 13.2 Å². The Labute approximate surface area is 217 Å². The Morgan fingerprint density at radius 1 is 1.18 bits per heavy atom. The highest BCUT2D eigenvalue weighted by Gasteiger charge is 2.41. The van der Waals surface area contributed by atoms with Crippen molar-refractivity contribution in [2.45, 2.75) is 45.8 Å². The molecule has 4 aromatic rings. The fraction of sp³-hybridized carbons (Fsp3) is 0.357. The third kappa shape index (κ3) is 5.00. The van der Waals surface area contributed by atoms with Gasteiger partial charge in [-0.1, -0.05) is 32.0 Å². The van der Waals surface area contributed by atoms with Crippen molar-refractivity contribution >= 4 is 11.0 Å². The fourth-order valence-corrected chi connectivity index (χ4v) is 4.77. The standard InChI is InChI=1S/C28H28F3N3O4/c1-3-18-13-21-24(36)26(37-20-14-32-34(15-20)19-7-5-4-6-8-19)27(28(29,30)31)38-25(21)22(23(18)35)16-33-11-9-17(2)10-12-33/h4-8,13-15,17,35H,3,9-12,16H2,1-2H3. The van der Waals surface area contributed by atoms with E-state index in [4.69, 9.17) is 9.15 Å². The summed E-state index contributed by atoms with van der Waals surface area (Å²) < 4.78 is 54.9. The van der Waals surface area contributed by atoms with E-state index in [0.717, 1.165) is 25.9 Å². The summed E-state index contributed by atoms with van der Waals surface area (Å²) in [5, 5.41) is 15.0. The predicted octanol–water partition coefficient (Wildman–Crippen LogP) is 6.29. The number of hydrogen-bond acceptors (Lipinski definition) is 6. The van der Waals surface area contributed by atoms with Gasteiger partial charge in [0.2, 0.25) is 11.2 Å². The molecule has 1 saturated heterocycles. The van der Waals surface area contributed by atoms with Gasteiger partial charge in [-0.05, 0) is 62.0 Å². The van der Waals surface area contributed by atoms with Crippen LogP contribution in [0.25, 0.3) is 16.7 Å². The SMILES string of the molecule is CCc1cc2c(=O)c(Oc3cnn(-c4ccccc4)c3)c(C(F)(F)F)oc2c(CN2CCC(C)CC2)c1O. The zero-order valence-corrected chi connectivity index (χ0v) is 21.1. The molecule has 10 heteroatoms. The van der Waals surface area contributed by atoms with Crippen molar-refractivity contribution in [3.63, 3.8) is 0 Å². The zero-order chi connectivity index (χ0) is 27.0. The van der Waals surface area contributed by atoms with Crippen molar-refractivity contribution in [3.8, 4) is 22.9 Å². The van der Waals surface area contributed by atoms with E-state index in [1.165, 1.54) is 23.1 Å². The van der Waals surface area contributed by atoms with Crippen LogP contribution in [0.2, 0.25) is 0 Å². The molecule has 7 nitrogen and oxygen atoms in total. The van der Waals surface area contributed by atoms with Crippen molar-refractivity contribution in [2.75, 3.05) is 13.1 Å². The van der Waals surface area contributed by atoms with Crippen LogP contribution >= 0.6 is 0 Å². The molecule has 0 radical (unpaired) electrons. The van der Waals surface area contributed by atoms with E-state index in [2.05, 4.69) is 16.9 Å². The third-order valence-corrected chi connectivity index (χ3v) is 6.98. The minimum Gasteiger partial charge on any atom is -0.507 e. The van der Waals surface area contributed by atoms with Crippen LogP contribution in [0.3, 0.4) is 0 Å². The summed E-state index contributed by atoms with van der Waals surface area (Å²) in [6.45, 7) is 5.60. The van der Waals surface area contributed by atoms with Gasteiger partial charge in [-0.15, -0.1) is 0 Å². The summed E-state index contributed by atoms with van der Waals surface area (Å²) in [5.41, 5.74) is 0.0636. The number of hydrogen-bond donors (Lipinski definition) is 1. The minimum absolute atomic E-state index is 0.0526. The molecule has 0 saturated carbocycles. The van der Waals surface area contributed by atoms with Gasteiger partial charge in [-0.2, -0.15) is 18.3 Å². The molecule has 1 aliphatic heterocycles. The number of aromatic hydroxyl groups is 1. The highest BCUT2D eigenvalue weighted by Crippen LogP contribution is 2.41. The van der Waals surface area contributed by atoms with Crippen LogP contribution in [0.5, 0.6) is 17.2 Å². The number of benzene rings is 2. The lowest BCUT2D eigenvalue weighted by atomic mass is 9.97. The van der Waals surface area contributed by atoms with Crippen LogP contribution in [-0.4, -0.2) is 32.9 Å². The third-order valence-electron chi connectivity index (χ3n) is 6.98. The number of likely N-dealkylation sites (tertiary alicyclic amines) is 1. The molecule has 200 valence electrons. The number of phenols is 1. The molecule has 2 aromatic carbocycles. The predicted molar refractivity (Wildman–Crippen MR) is 136 cm³/mol. The van der Waals surface area contributed by atoms with Crippen LogP contribution in [-0.2, 0) is 19.1 Å². The first kappa shape index (κ1) is 25.8. The van der Waals surface area contributed by atoms with E-state index in [0.29, 0.717) is 23.6 Å². The maximum absolute atomic E-state index is 14.2. The molecule has 0 unspecified atom stereocenters. The summed E-state index contributed by atoms with van der Waals surface area (Å²) in [4.78, 5) is 15.6. The number of para-hydroxylation sites is 1. The average Bonchev–Trinajstić information content (AvgIpc) is 3.37. The first-order valence-corrected chi connectivity index (χ1v) is 12.6. The second-order valence-electron chi connectivity index (χ2n) is 9.70. The van der Waals surface area contributed by atoms with E-state index in [9.17, 15) is 23.1 Å². The first-order chi connectivity index (χ1) is 18.2. The number of ether oxygens (including phenoxy) is 1. The van der Waals surface area contributed by atoms with Gasteiger partial charge in [-0.3, -0.25) is 9.69 Å². The Bertz CT molecular complexity index is 1500. The highest BCUT2D eigenvalue weighted by molar-refractivity contribution is 5.85. The van der Waals surface area contributed by atoms with Gasteiger partial charge >= 0.3 is 6.18 Å². The lowest BCUT2D eigenvalue weighted by molar-refractivity contribution is -0.154. The topological polar surface area (TPSA) is 80.7 Å². The molecule has 1 fully saturated rings. The number of phenolic OH excluding ortho intramolecular Hbond substituents is 1. The molecule has 3 heterocycles. The van der Waals surface area contributed by atoms with E-state index in [1.807, 2.05) is 6.07 Å². The number of piperidine rings is 1. The van der Waals surface area contributed by atoms with Crippen molar-refractivity contribution in [1.29, 1.82) is 0 Å². The Kier molecular flexibility index (Phi) is 6.92. The Morgan fingerprint density at radius 2 is 1.89 bits per heavy atom. The lowest BCUT2D eigenvalue weighted by Crippen LogP contribution is -2.32. The van der Waals surface area contributed by atoms with Crippen LogP contribution in [0, 0.1) is 5.92 Å². The first-order valence-electron chi connectivity index (χ1n) is 12.6. The molecular weight excluding hydrogens is 499 g/mol. The molecule has 1 aliphatic rings. The van der Waals surface area contributed by atoms with Gasteiger partial charge in [0.25, 0.3) is 5.76 Å². The maximum atomic E-state index is 14.2. The van der Waals surface area contributed by atoms with Gasteiger partial charge in [0.1, 0.15) is 11.3 Å². The second-order valence-corrected chi connectivity index (χ2v) is 9.70. The van der Waals surface area contributed by atoms with Crippen LogP contribution in [0.1, 0.15) is 43.6 Å². The molecule has 2 aromatic heterocycles.